The Hall–Kier alpha value is 0.660. The second kappa shape index (κ2) is 6.55. The highest BCUT2D eigenvalue weighted by Gasteiger charge is 2.29. The van der Waals surface area contributed by atoms with Gasteiger partial charge in [-0.2, -0.15) is 23.5 Å². The summed E-state index contributed by atoms with van der Waals surface area (Å²) in [6.07, 6.45) is 7.06. The summed E-state index contributed by atoms with van der Waals surface area (Å²) in [7, 11) is 0. The van der Waals surface area contributed by atoms with Crippen molar-refractivity contribution in [2.45, 2.75) is 68.5 Å². The number of hydrogen-bond donors (Lipinski definition) is 1. The van der Waals surface area contributed by atoms with Crippen molar-refractivity contribution in [3.8, 4) is 0 Å². The van der Waals surface area contributed by atoms with Crippen molar-refractivity contribution in [1.82, 2.24) is 5.32 Å². The Morgan fingerprint density at radius 3 is 2.94 bits per heavy atom. The molecule has 0 aromatic rings. The quantitative estimate of drug-likeness (QED) is 0.829. The summed E-state index contributed by atoms with van der Waals surface area (Å²) >= 11 is 4.31. The van der Waals surface area contributed by atoms with E-state index in [4.69, 9.17) is 0 Å². The lowest BCUT2D eigenvalue weighted by molar-refractivity contribution is 0.399. The van der Waals surface area contributed by atoms with Crippen molar-refractivity contribution in [2.24, 2.45) is 0 Å². The summed E-state index contributed by atoms with van der Waals surface area (Å²) < 4.78 is 0. The molecule has 1 saturated heterocycles. The van der Waals surface area contributed by atoms with E-state index in [1.54, 1.807) is 0 Å². The minimum atomic E-state index is 0.786. The maximum Gasteiger partial charge on any atom is 0.0186 e. The number of rotatable bonds is 4. The van der Waals surface area contributed by atoms with Crippen molar-refractivity contribution in [3.05, 3.63) is 0 Å². The summed E-state index contributed by atoms with van der Waals surface area (Å²) in [5.74, 6) is 2.66. The number of nitrogens with one attached hydrogen (secondary N) is 1. The monoisotopic (exact) mass is 259 g/mol. The molecule has 4 atom stereocenters. The summed E-state index contributed by atoms with van der Waals surface area (Å²) in [4.78, 5) is 0. The van der Waals surface area contributed by atoms with Gasteiger partial charge in [0.2, 0.25) is 0 Å². The first-order valence-electron chi connectivity index (χ1n) is 6.79. The second-order valence-electron chi connectivity index (χ2n) is 5.08. The van der Waals surface area contributed by atoms with Crippen LogP contribution in [0.25, 0.3) is 0 Å². The maximum absolute atomic E-state index is 3.92. The first-order chi connectivity index (χ1) is 7.79. The van der Waals surface area contributed by atoms with Gasteiger partial charge >= 0.3 is 0 Å². The van der Waals surface area contributed by atoms with Gasteiger partial charge in [0, 0.05) is 22.6 Å². The SMILES string of the molecule is CCSC1CCC(NC2CCCSC2C)C1. The van der Waals surface area contributed by atoms with Gasteiger partial charge in [0.1, 0.15) is 0 Å². The highest BCUT2D eigenvalue weighted by molar-refractivity contribution is 8.00. The summed E-state index contributed by atoms with van der Waals surface area (Å²) in [5, 5.41) is 5.69. The molecule has 1 saturated carbocycles. The largest absolute Gasteiger partial charge is 0.310 e. The zero-order chi connectivity index (χ0) is 11.4. The Kier molecular flexibility index (Phi) is 5.37. The van der Waals surface area contributed by atoms with Gasteiger partial charge in [0.25, 0.3) is 0 Å². The second-order valence-corrected chi connectivity index (χ2v) is 8.14. The van der Waals surface area contributed by atoms with E-state index in [-0.39, 0.29) is 0 Å². The zero-order valence-electron chi connectivity index (χ0n) is 10.6. The Labute approximate surface area is 109 Å². The Balaban J connectivity index is 1.73. The van der Waals surface area contributed by atoms with E-state index in [0.717, 1.165) is 22.6 Å². The van der Waals surface area contributed by atoms with Gasteiger partial charge in [-0.3, -0.25) is 0 Å². The molecule has 1 aliphatic carbocycles. The molecule has 1 heterocycles. The lowest BCUT2D eigenvalue weighted by Crippen LogP contribution is -2.44. The molecule has 2 fully saturated rings. The minimum absolute atomic E-state index is 0.786. The average Bonchev–Trinajstić information content (AvgIpc) is 2.70. The van der Waals surface area contributed by atoms with Crippen molar-refractivity contribution >= 4 is 23.5 Å². The van der Waals surface area contributed by atoms with Crippen LogP contribution in [0.15, 0.2) is 0 Å². The van der Waals surface area contributed by atoms with Crippen LogP contribution in [0.4, 0.5) is 0 Å². The first kappa shape index (κ1) is 13.1. The van der Waals surface area contributed by atoms with Crippen molar-refractivity contribution in [1.29, 1.82) is 0 Å². The van der Waals surface area contributed by atoms with E-state index in [2.05, 4.69) is 42.7 Å². The smallest absolute Gasteiger partial charge is 0.0186 e. The zero-order valence-corrected chi connectivity index (χ0v) is 12.2. The maximum atomic E-state index is 3.92. The van der Waals surface area contributed by atoms with E-state index in [1.807, 2.05) is 0 Å². The molecular formula is C13H25NS2. The molecule has 1 nitrogen and oxygen atoms in total. The summed E-state index contributed by atoms with van der Waals surface area (Å²) in [6, 6.07) is 1.60. The van der Waals surface area contributed by atoms with Crippen LogP contribution in [-0.4, -0.2) is 34.1 Å². The van der Waals surface area contributed by atoms with E-state index in [1.165, 1.54) is 43.6 Å². The highest BCUT2D eigenvalue weighted by atomic mass is 32.2. The van der Waals surface area contributed by atoms with Crippen LogP contribution >= 0.6 is 23.5 Å². The van der Waals surface area contributed by atoms with E-state index in [0.29, 0.717) is 0 Å². The van der Waals surface area contributed by atoms with Crippen LogP contribution in [0, 0.1) is 0 Å². The predicted octanol–water partition coefficient (Wildman–Crippen LogP) is 3.53. The Bertz CT molecular complexity index is 210. The number of hydrogen-bond acceptors (Lipinski definition) is 3. The number of thioether (sulfide) groups is 2. The molecule has 3 heteroatoms. The predicted molar refractivity (Wildman–Crippen MR) is 77.6 cm³/mol. The fourth-order valence-corrected chi connectivity index (χ4v) is 5.22. The van der Waals surface area contributed by atoms with Gasteiger partial charge < -0.3 is 5.32 Å². The lowest BCUT2D eigenvalue weighted by atomic mass is 10.1. The summed E-state index contributed by atoms with van der Waals surface area (Å²) in [6.45, 7) is 4.68. The summed E-state index contributed by atoms with van der Waals surface area (Å²) in [5.41, 5.74) is 0. The molecule has 0 spiro atoms. The van der Waals surface area contributed by atoms with E-state index >= 15 is 0 Å². The van der Waals surface area contributed by atoms with Crippen LogP contribution in [-0.2, 0) is 0 Å². The molecule has 1 aliphatic heterocycles. The molecule has 0 aromatic heterocycles. The van der Waals surface area contributed by atoms with Gasteiger partial charge in [-0.1, -0.05) is 13.8 Å². The fraction of sp³-hybridized carbons (Fsp3) is 1.00. The van der Waals surface area contributed by atoms with Crippen molar-refractivity contribution < 1.29 is 0 Å². The topological polar surface area (TPSA) is 12.0 Å². The van der Waals surface area contributed by atoms with Crippen molar-refractivity contribution in [3.63, 3.8) is 0 Å². The molecule has 2 aliphatic rings. The molecule has 2 rings (SSSR count). The molecule has 16 heavy (non-hydrogen) atoms. The molecule has 94 valence electrons. The fourth-order valence-electron chi connectivity index (χ4n) is 2.92. The van der Waals surface area contributed by atoms with E-state index < -0.39 is 0 Å². The van der Waals surface area contributed by atoms with Gasteiger partial charge in [0.15, 0.2) is 0 Å². The molecule has 0 bridgehead atoms. The molecule has 0 amide bonds. The molecular weight excluding hydrogens is 234 g/mol. The van der Waals surface area contributed by atoms with Gasteiger partial charge in [-0.15, -0.1) is 0 Å². The average molecular weight is 259 g/mol. The van der Waals surface area contributed by atoms with Crippen LogP contribution < -0.4 is 5.32 Å². The van der Waals surface area contributed by atoms with Gasteiger partial charge in [-0.05, 0) is 43.6 Å². The standard InChI is InChI=1S/C13H25NS2/c1-3-15-12-7-6-11(9-12)14-13-5-4-8-16-10(13)2/h10-14H,3-9H2,1-2H3. The van der Waals surface area contributed by atoms with Gasteiger partial charge in [-0.25, -0.2) is 0 Å². The third kappa shape index (κ3) is 3.58. The third-order valence-electron chi connectivity index (χ3n) is 3.84. The molecule has 0 aromatic carbocycles. The Morgan fingerprint density at radius 2 is 2.19 bits per heavy atom. The minimum Gasteiger partial charge on any atom is -0.310 e. The van der Waals surface area contributed by atoms with Crippen LogP contribution in [0.5, 0.6) is 0 Å². The molecule has 0 radical (unpaired) electrons. The van der Waals surface area contributed by atoms with Gasteiger partial charge in [0.05, 0.1) is 0 Å². The highest BCUT2D eigenvalue weighted by Crippen LogP contribution is 2.32. The van der Waals surface area contributed by atoms with Crippen molar-refractivity contribution in [2.75, 3.05) is 11.5 Å². The molecule has 4 unspecified atom stereocenters. The first-order valence-corrected chi connectivity index (χ1v) is 8.88. The van der Waals surface area contributed by atoms with Crippen LogP contribution in [0.3, 0.4) is 0 Å². The molecule has 1 N–H and O–H groups in total. The third-order valence-corrected chi connectivity index (χ3v) is 6.46. The lowest BCUT2D eigenvalue weighted by Gasteiger charge is -2.31. The Morgan fingerprint density at radius 1 is 1.31 bits per heavy atom. The van der Waals surface area contributed by atoms with Crippen LogP contribution in [0.1, 0.15) is 46.0 Å². The van der Waals surface area contributed by atoms with Crippen LogP contribution in [0.2, 0.25) is 0 Å². The normalized spacial score (nSPS) is 40.1. The van der Waals surface area contributed by atoms with E-state index in [9.17, 15) is 0 Å².